The average molecular weight is 439 g/mol. The summed E-state index contributed by atoms with van der Waals surface area (Å²) in [4.78, 5) is 24.2. The molecular weight excluding hydrogens is 404 g/mol. The number of piperidine rings is 1. The van der Waals surface area contributed by atoms with Crippen molar-refractivity contribution in [3.63, 3.8) is 0 Å². The first-order chi connectivity index (χ1) is 15.6. The van der Waals surface area contributed by atoms with Crippen molar-refractivity contribution in [2.24, 2.45) is 5.92 Å². The third-order valence-corrected chi connectivity index (χ3v) is 7.22. The molecule has 172 valence electrons. The van der Waals surface area contributed by atoms with Gasteiger partial charge in [-0.3, -0.25) is 9.89 Å². The quantitative estimate of drug-likeness (QED) is 0.638. The zero-order chi connectivity index (χ0) is 22.1. The van der Waals surface area contributed by atoms with Crippen molar-refractivity contribution >= 4 is 23.6 Å². The highest BCUT2D eigenvalue weighted by Crippen LogP contribution is 2.41. The van der Waals surface area contributed by atoms with Gasteiger partial charge >= 0.3 is 5.97 Å². The Labute approximate surface area is 189 Å². The van der Waals surface area contributed by atoms with E-state index < -0.39 is 0 Å². The first-order valence-electron chi connectivity index (χ1n) is 12.2. The summed E-state index contributed by atoms with van der Waals surface area (Å²) in [6.07, 6.45) is 10.4. The zero-order valence-electron chi connectivity index (χ0n) is 19.2. The van der Waals surface area contributed by atoms with Gasteiger partial charge in [0.1, 0.15) is 11.6 Å². The first kappa shape index (κ1) is 21.2. The number of rotatable bonds is 6. The number of methoxy groups -OCH3 is 1. The number of aromatic amines is 1. The number of ether oxygens (including phenoxy) is 1. The Balaban J connectivity index is 1.46. The molecule has 2 aliphatic carbocycles. The maximum Gasteiger partial charge on any atom is 0.310 e. The van der Waals surface area contributed by atoms with Crippen LogP contribution in [0.15, 0.2) is 6.07 Å². The summed E-state index contributed by atoms with van der Waals surface area (Å²) in [5.74, 6) is 3.28. The van der Waals surface area contributed by atoms with Crippen molar-refractivity contribution in [1.29, 1.82) is 0 Å². The molecule has 0 amide bonds. The molecule has 0 radical (unpaired) electrons. The number of nitrogens with zero attached hydrogens (tertiary/aromatic N) is 4. The molecule has 8 heteroatoms. The van der Waals surface area contributed by atoms with Gasteiger partial charge in [-0.2, -0.15) is 10.1 Å². The maximum absolute atomic E-state index is 12.1. The van der Waals surface area contributed by atoms with Crippen molar-refractivity contribution in [3.8, 4) is 0 Å². The number of carbonyl (C=O) groups is 1. The molecule has 8 nitrogen and oxygen atoms in total. The lowest BCUT2D eigenvalue weighted by Crippen LogP contribution is -2.40. The minimum Gasteiger partial charge on any atom is -0.469 e. The third-order valence-electron chi connectivity index (χ3n) is 7.22. The fourth-order valence-electron chi connectivity index (χ4n) is 5.32. The van der Waals surface area contributed by atoms with Crippen LogP contribution < -0.4 is 10.2 Å². The number of hydrogen-bond acceptors (Lipinski definition) is 7. The van der Waals surface area contributed by atoms with Gasteiger partial charge in [0, 0.05) is 36.3 Å². The Morgan fingerprint density at radius 3 is 2.66 bits per heavy atom. The molecular formula is C24H34N6O2. The van der Waals surface area contributed by atoms with Crippen LogP contribution in [0.3, 0.4) is 0 Å². The number of aryl methyl sites for hydroxylation is 1. The summed E-state index contributed by atoms with van der Waals surface area (Å²) in [5.41, 5.74) is 3.40. The second-order valence-corrected chi connectivity index (χ2v) is 9.62. The van der Waals surface area contributed by atoms with Crippen molar-refractivity contribution in [3.05, 3.63) is 23.0 Å². The zero-order valence-corrected chi connectivity index (χ0v) is 19.2. The summed E-state index contributed by atoms with van der Waals surface area (Å²) in [7, 11) is 1.46. The summed E-state index contributed by atoms with van der Waals surface area (Å²) >= 11 is 0. The number of anilines is 3. The highest BCUT2D eigenvalue weighted by atomic mass is 16.5. The van der Waals surface area contributed by atoms with E-state index >= 15 is 0 Å². The fraction of sp³-hybridized carbons (Fsp3) is 0.667. The molecule has 5 rings (SSSR count). The standard InChI is InChI=1S/C24H34N6O2/c1-15-21(17-7-4-3-5-8-17)22(26-20-13-19(28-29-20)16-10-11-16)27-24(25-15)30-12-6-9-18(14-30)23(31)32-2/h13,16-18H,3-12,14H2,1-2H3,(H2,25,26,27,28,29). The topological polar surface area (TPSA) is 96.0 Å². The number of carbonyl (C=O) groups excluding carboxylic acids is 1. The monoisotopic (exact) mass is 438 g/mol. The van der Waals surface area contributed by atoms with E-state index in [1.165, 1.54) is 57.6 Å². The Hall–Kier alpha value is -2.64. The van der Waals surface area contributed by atoms with Gasteiger partial charge in [0.05, 0.1) is 18.7 Å². The summed E-state index contributed by atoms with van der Waals surface area (Å²) in [6, 6.07) is 2.12. The minimum atomic E-state index is -0.145. The molecule has 1 unspecified atom stereocenters. The molecule has 3 aliphatic rings. The van der Waals surface area contributed by atoms with Crippen LogP contribution in [0.4, 0.5) is 17.6 Å². The molecule has 3 heterocycles. The van der Waals surface area contributed by atoms with Crippen LogP contribution in [0, 0.1) is 12.8 Å². The van der Waals surface area contributed by atoms with Gasteiger partial charge in [-0.25, -0.2) is 4.98 Å². The fourth-order valence-corrected chi connectivity index (χ4v) is 5.32. The normalized spacial score (nSPS) is 22.1. The third kappa shape index (κ3) is 4.45. The van der Waals surface area contributed by atoms with E-state index in [1.54, 1.807) is 0 Å². The molecule has 32 heavy (non-hydrogen) atoms. The van der Waals surface area contributed by atoms with Crippen LogP contribution in [-0.2, 0) is 9.53 Å². The Bertz CT molecular complexity index is 963. The van der Waals surface area contributed by atoms with Crippen LogP contribution in [-0.4, -0.2) is 46.3 Å². The summed E-state index contributed by atoms with van der Waals surface area (Å²) in [5, 5.41) is 11.2. The van der Waals surface area contributed by atoms with Crippen molar-refractivity contribution in [2.45, 2.75) is 76.5 Å². The lowest BCUT2D eigenvalue weighted by Gasteiger charge is -2.32. The molecule has 0 bridgehead atoms. The molecule has 0 aromatic carbocycles. The summed E-state index contributed by atoms with van der Waals surface area (Å²) in [6.45, 7) is 3.56. The number of H-pyrrole nitrogens is 1. The molecule has 2 N–H and O–H groups in total. The van der Waals surface area contributed by atoms with Gasteiger partial charge < -0.3 is 15.0 Å². The molecule has 1 atom stereocenters. The highest BCUT2D eigenvalue weighted by Gasteiger charge is 2.30. The molecule has 1 saturated heterocycles. The minimum absolute atomic E-state index is 0.124. The first-order valence-corrected chi connectivity index (χ1v) is 12.2. The molecule has 3 fully saturated rings. The summed E-state index contributed by atoms with van der Waals surface area (Å²) < 4.78 is 5.00. The van der Waals surface area contributed by atoms with Gasteiger partial charge in [0.15, 0.2) is 0 Å². The average Bonchev–Trinajstić information content (AvgIpc) is 3.58. The largest absolute Gasteiger partial charge is 0.469 e. The molecule has 0 spiro atoms. The van der Waals surface area contributed by atoms with Crippen molar-refractivity contribution < 1.29 is 9.53 Å². The smallest absolute Gasteiger partial charge is 0.310 e. The Morgan fingerprint density at radius 2 is 1.91 bits per heavy atom. The van der Waals surface area contributed by atoms with Gasteiger partial charge in [-0.1, -0.05) is 19.3 Å². The second kappa shape index (κ2) is 9.08. The highest BCUT2D eigenvalue weighted by molar-refractivity contribution is 5.73. The predicted octanol–water partition coefficient (Wildman–Crippen LogP) is 4.57. The van der Waals surface area contributed by atoms with Crippen LogP contribution in [0.25, 0.3) is 0 Å². The van der Waals surface area contributed by atoms with Crippen LogP contribution >= 0.6 is 0 Å². The van der Waals surface area contributed by atoms with Crippen LogP contribution in [0.5, 0.6) is 0 Å². The van der Waals surface area contributed by atoms with E-state index in [1.807, 2.05) is 0 Å². The SMILES string of the molecule is COC(=O)C1CCCN(c2nc(C)c(C3CCCCC3)c(Nc3cc(C4CC4)n[nH]3)n2)C1. The lowest BCUT2D eigenvalue weighted by molar-refractivity contribution is -0.145. The van der Waals surface area contributed by atoms with E-state index in [2.05, 4.69) is 33.4 Å². The van der Waals surface area contributed by atoms with Gasteiger partial charge in [0.25, 0.3) is 0 Å². The van der Waals surface area contributed by atoms with Gasteiger partial charge in [0.2, 0.25) is 5.95 Å². The van der Waals surface area contributed by atoms with Gasteiger partial charge in [-0.05, 0) is 51.4 Å². The maximum atomic E-state index is 12.1. The molecule has 1 aliphatic heterocycles. The van der Waals surface area contributed by atoms with E-state index in [4.69, 9.17) is 14.7 Å². The van der Waals surface area contributed by atoms with E-state index in [0.29, 0.717) is 24.3 Å². The number of nitrogens with one attached hydrogen (secondary N) is 2. The number of esters is 1. The lowest BCUT2D eigenvalue weighted by atomic mass is 9.83. The number of aromatic nitrogens is 4. The van der Waals surface area contributed by atoms with E-state index in [9.17, 15) is 4.79 Å². The Kier molecular flexibility index (Phi) is 6.02. The van der Waals surface area contributed by atoms with Gasteiger partial charge in [-0.15, -0.1) is 0 Å². The van der Waals surface area contributed by atoms with E-state index in [-0.39, 0.29) is 11.9 Å². The Morgan fingerprint density at radius 1 is 1.09 bits per heavy atom. The molecule has 2 aromatic heterocycles. The molecule has 2 aromatic rings. The van der Waals surface area contributed by atoms with Crippen LogP contribution in [0.1, 0.15) is 86.6 Å². The van der Waals surface area contributed by atoms with E-state index in [0.717, 1.165) is 42.4 Å². The van der Waals surface area contributed by atoms with Crippen molar-refractivity contribution in [1.82, 2.24) is 20.2 Å². The van der Waals surface area contributed by atoms with Crippen molar-refractivity contribution in [2.75, 3.05) is 30.4 Å². The van der Waals surface area contributed by atoms with Crippen LogP contribution in [0.2, 0.25) is 0 Å². The number of hydrogen-bond donors (Lipinski definition) is 2. The predicted molar refractivity (Wildman–Crippen MR) is 123 cm³/mol. The second-order valence-electron chi connectivity index (χ2n) is 9.62. The molecule has 2 saturated carbocycles.